The number of nitrogens with zero attached hydrogens (tertiary/aromatic N) is 2. The first-order valence-electron chi connectivity index (χ1n) is 10.6. The minimum atomic E-state index is 0. The molecule has 2 nitrogen and oxygen atoms in total. The first kappa shape index (κ1) is 39.8. The van der Waals surface area contributed by atoms with Crippen molar-refractivity contribution in [2.45, 2.75) is 79.1 Å². The van der Waals surface area contributed by atoms with Crippen LogP contribution in [-0.4, -0.2) is 12.4 Å². The molecule has 0 saturated carbocycles. The molecule has 2 aromatic rings. The van der Waals surface area contributed by atoms with E-state index in [9.17, 15) is 0 Å². The molecule has 0 saturated heterocycles. The quantitative estimate of drug-likeness (QED) is 0.265. The van der Waals surface area contributed by atoms with Gasteiger partial charge in [0.05, 0.1) is 11.4 Å². The van der Waals surface area contributed by atoms with Gasteiger partial charge in [0.15, 0.2) is 0 Å². The van der Waals surface area contributed by atoms with Crippen LogP contribution in [0.4, 0.5) is 11.4 Å². The summed E-state index contributed by atoms with van der Waals surface area (Å²) in [6.45, 7) is 17.8. The summed E-state index contributed by atoms with van der Waals surface area (Å²) in [5.41, 5.74) is 7.37. The molecular weight excluding hydrogens is 674 g/mol. The molecule has 0 heterocycles. The van der Waals surface area contributed by atoms with Crippen molar-refractivity contribution in [1.29, 1.82) is 0 Å². The van der Waals surface area contributed by atoms with Crippen molar-refractivity contribution in [3.63, 3.8) is 0 Å². The molecule has 0 aliphatic carbocycles. The van der Waals surface area contributed by atoms with Gasteiger partial charge in [-0.25, -0.2) is 0 Å². The van der Waals surface area contributed by atoms with E-state index in [0.717, 1.165) is 11.4 Å². The molecule has 0 spiro atoms. The molecule has 7 heteroatoms. The summed E-state index contributed by atoms with van der Waals surface area (Å²) in [5.74, 6) is 1.77. The van der Waals surface area contributed by atoms with Gasteiger partial charge in [-0.1, -0.05) is 91.8 Å². The Morgan fingerprint density at radius 3 is 0.879 bits per heavy atom. The molecule has 0 atom stereocenters. The molecule has 0 N–H and O–H groups in total. The molecule has 0 amide bonds. The fourth-order valence-corrected chi connectivity index (χ4v) is 3.54. The molecule has 0 bridgehead atoms. The second-order valence-corrected chi connectivity index (χ2v) is 8.75. The van der Waals surface area contributed by atoms with Gasteiger partial charge in [-0.05, 0) is 45.9 Å². The second-order valence-electron chi connectivity index (χ2n) is 8.75. The van der Waals surface area contributed by atoms with Gasteiger partial charge in [-0.15, -0.1) is 0 Å². The van der Waals surface area contributed by atoms with E-state index in [1.807, 2.05) is 12.4 Å². The average molecular weight is 711 g/mol. The van der Waals surface area contributed by atoms with E-state index < -0.39 is 0 Å². The van der Waals surface area contributed by atoms with Crippen LogP contribution >= 0.6 is 0 Å². The minimum Gasteiger partial charge on any atom is -1.00 e. The Balaban J connectivity index is -0.000000841. The van der Waals surface area contributed by atoms with Crippen molar-refractivity contribution >= 4 is 23.8 Å². The Morgan fingerprint density at radius 1 is 0.485 bits per heavy atom. The van der Waals surface area contributed by atoms with Crippen molar-refractivity contribution in [1.82, 2.24) is 0 Å². The number of rotatable bonds is 7. The van der Waals surface area contributed by atoms with Gasteiger partial charge in [0.1, 0.15) is 0 Å². The summed E-state index contributed by atoms with van der Waals surface area (Å²) in [7, 11) is 0. The number of benzene rings is 2. The predicted octanol–water partition coefficient (Wildman–Crippen LogP) is -3.70. The summed E-state index contributed by atoms with van der Waals surface area (Å²) >= 11 is 0. The summed E-state index contributed by atoms with van der Waals surface area (Å²) in [6.07, 6.45) is 3.71. The molecule has 0 aliphatic heterocycles. The molecule has 0 unspecified atom stereocenters. The Hall–Kier alpha value is -0.411. The van der Waals surface area contributed by atoms with Crippen LogP contribution in [0.15, 0.2) is 46.4 Å². The maximum Gasteiger partial charge on any atom is 4.00 e. The van der Waals surface area contributed by atoms with E-state index >= 15 is 0 Å². The third-order valence-corrected chi connectivity index (χ3v) is 5.16. The van der Waals surface area contributed by atoms with Crippen LogP contribution in [0, 0.1) is 0 Å². The number of halogens is 4. The Bertz CT molecular complexity index is 739. The number of aliphatic imine (C=N–C) groups is 2. The molecule has 1 radical (unpaired) electrons. The van der Waals surface area contributed by atoms with Crippen LogP contribution in [0.1, 0.15) is 101 Å². The van der Waals surface area contributed by atoms with E-state index in [2.05, 4.69) is 91.8 Å². The molecule has 0 aliphatic rings. The van der Waals surface area contributed by atoms with E-state index in [1.54, 1.807) is 0 Å². The molecule has 2 aromatic carbocycles. The number of hydrogen-bond donors (Lipinski definition) is 0. The van der Waals surface area contributed by atoms with Gasteiger partial charge in [0, 0.05) is 12.4 Å². The third-order valence-electron chi connectivity index (χ3n) is 5.16. The smallest absolute Gasteiger partial charge is 1.00 e. The summed E-state index contributed by atoms with van der Waals surface area (Å²) in [5, 5.41) is 0. The molecule has 2 rings (SSSR count). The van der Waals surface area contributed by atoms with Gasteiger partial charge >= 0.3 is 20.1 Å². The van der Waals surface area contributed by atoms with E-state index in [-0.39, 0.29) is 69.7 Å². The maximum absolute atomic E-state index is 4.84. The van der Waals surface area contributed by atoms with Crippen LogP contribution < -0.4 is 49.6 Å². The Morgan fingerprint density at radius 2 is 0.697 bits per heavy atom. The van der Waals surface area contributed by atoms with Crippen LogP contribution in [0.3, 0.4) is 0 Å². The van der Waals surface area contributed by atoms with Crippen LogP contribution in [-0.2, 0) is 20.1 Å². The molecule has 187 valence electrons. The molecule has 33 heavy (non-hydrogen) atoms. The first-order valence-corrected chi connectivity index (χ1v) is 10.6. The second kappa shape index (κ2) is 18.9. The van der Waals surface area contributed by atoms with Crippen molar-refractivity contribution < 1.29 is 69.7 Å². The van der Waals surface area contributed by atoms with Gasteiger partial charge < -0.3 is 49.6 Å². The van der Waals surface area contributed by atoms with Crippen molar-refractivity contribution in [3.05, 3.63) is 58.7 Å². The average Bonchev–Trinajstić information content (AvgIpc) is 2.64. The van der Waals surface area contributed by atoms with Crippen molar-refractivity contribution in [2.75, 3.05) is 0 Å². The van der Waals surface area contributed by atoms with Crippen LogP contribution in [0.25, 0.3) is 0 Å². The zero-order chi connectivity index (χ0) is 20.8. The fraction of sp³-hybridized carbons (Fsp3) is 0.462. The summed E-state index contributed by atoms with van der Waals surface area (Å²) < 4.78 is 0. The van der Waals surface area contributed by atoms with Gasteiger partial charge in [-0.2, -0.15) is 0 Å². The molecule has 0 aromatic heterocycles. The van der Waals surface area contributed by atoms with Gasteiger partial charge in [0.25, 0.3) is 0 Å². The van der Waals surface area contributed by atoms with Crippen LogP contribution in [0.5, 0.6) is 0 Å². The topological polar surface area (TPSA) is 24.7 Å². The largest absolute Gasteiger partial charge is 4.00 e. The standard InChI is InChI=1S/C26H36N2.4ClH.Ir/c1-17(2)21-11-9-12-22(18(3)4)25(21)27-15-16-28-26-23(19(5)6)13-10-14-24(26)20(7)8;;;;;/h9-20H,1-8H3;4*1H;/q;;;;;+4/p-4. The summed E-state index contributed by atoms with van der Waals surface area (Å²) in [4.78, 5) is 9.68. The van der Waals surface area contributed by atoms with Crippen LogP contribution in [0.2, 0.25) is 0 Å². The van der Waals surface area contributed by atoms with Gasteiger partial charge in [-0.3, -0.25) is 9.98 Å². The number of hydrogen-bond acceptors (Lipinski definition) is 2. The van der Waals surface area contributed by atoms with Crippen molar-refractivity contribution in [3.8, 4) is 0 Å². The minimum absolute atomic E-state index is 0. The Kier molecular flexibility index (Phi) is 22.7. The Labute approximate surface area is 239 Å². The van der Waals surface area contributed by atoms with Gasteiger partial charge in [0.2, 0.25) is 0 Å². The van der Waals surface area contributed by atoms with E-state index in [1.165, 1.54) is 22.3 Å². The summed E-state index contributed by atoms with van der Waals surface area (Å²) in [6, 6.07) is 13.0. The van der Waals surface area contributed by atoms with E-state index in [0.29, 0.717) is 23.7 Å². The zero-order valence-corrected chi connectivity index (χ0v) is 26.1. The first-order chi connectivity index (χ1) is 13.2. The predicted molar refractivity (Wildman–Crippen MR) is 126 cm³/mol. The monoisotopic (exact) mass is 709 g/mol. The third kappa shape index (κ3) is 10.8. The fourth-order valence-electron chi connectivity index (χ4n) is 3.54. The SMILES string of the molecule is CC(C)c1cccc(C(C)C)c1N=CC=Nc1c(C(C)C)cccc1C(C)C.[Cl-].[Cl-].[Cl-].[Cl-].[Ir+4]. The van der Waals surface area contributed by atoms with E-state index in [4.69, 9.17) is 9.98 Å². The zero-order valence-electron chi connectivity index (χ0n) is 20.7. The van der Waals surface area contributed by atoms with Crippen molar-refractivity contribution in [2.24, 2.45) is 9.98 Å². The molecule has 0 fully saturated rings. The normalized spacial score (nSPS) is 10.7. The molecular formula is C26H36Cl4IrN2. The maximum atomic E-state index is 4.84. The number of para-hydroxylation sites is 2.